The molecule has 0 spiro atoms. The molecule has 2 heterocycles. The number of rotatable bonds is 6. The third-order valence-corrected chi connectivity index (χ3v) is 5.78. The highest BCUT2D eigenvalue weighted by Gasteiger charge is 2.19. The van der Waals surface area contributed by atoms with Gasteiger partial charge in [0.05, 0.1) is 6.54 Å². The van der Waals surface area contributed by atoms with Gasteiger partial charge in [-0.1, -0.05) is 44.7 Å². The molecular formula is C26H36ClN5. The molecule has 3 rings (SSSR count). The van der Waals surface area contributed by atoms with Gasteiger partial charge >= 0.3 is 0 Å². The third kappa shape index (κ3) is 7.78. The van der Waals surface area contributed by atoms with E-state index in [9.17, 15) is 0 Å². The second kappa shape index (κ2) is 11.1. The van der Waals surface area contributed by atoms with Crippen LogP contribution in [-0.4, -0.2) is 65.1 Å². The molecule has 1 fully saturated rings. The number of hydrogen-bond donors (Lipinski definition) is 0. The van der Waals surface area contributed by atoms with Gasteiger partial charge in [0.15, 0.2) is 0 Å². The summed E-state index contributed by atoms with van der Waals surface area (Å²) in [6.45, 7) is 18.1. The Kier molecular flexibility index (Phi) is 8.53. The van der Waals surface area contributed by atoms with Gasteiger partial charge in [-0.25, -0.2) is 9.97 Å². The van der Waals surface area contributed by atoms with Crippen LogP contribution in [0.2, 0.25) is 5.28 Å². The molecule has 0 amide bonds. The molecule has 32 heavy (non-hydrogen) atoms. The van der Waals surface area contributed by atoms with E-state index < -0.39 is 0 Å². The lowest BCUT2D eigenvalue weighted by Gasteiger charge is -2.36. The van der Waals surface area contributed by atoms with Gasteiger partial charge < -0.3 is 4.90 Å². The topological polar surface area (TPSA) is 35.5 Å². The van der Waals surface area contributed by atoms with E-state index in [1.807, 2.05) is 6.07 Å². The lowest BCUT2D eigenvalue weighted by molar-refractivity contribution is 0.118. The summed E-state index contributed by atoms with van der Waals surface area (Å²) < 4.78 is 0. The summed E-state index contributed by atoms with van der Waals surface area (Å²) in [5.74, 6) is 7.53. The molecule has 172 valence electrons. The zero-order chi connectivity index (χ0) is 23.1. The average molecular weight is 454 g/mol. The zero-order valence-corrected chi connectivity index (χ0v) is 20.9. The SMILES string of the molecule is CC(C)N1CCN(CC#Cc2ccc(CN(CC(C)(C)C)c3ccnc(Cl)n3)cc2)CC1. The van der Waals surface area contributed by atoms with Crippen LogP contribution in [0.25, 0.3) is 0 Å². The van der Waals surface area contributed by atoms with E-state index in [-0.39, 0.29) is 10.7 Å². The number of piperazine rings is 1. The highest BCUT2D eigenvalue weighted by atomic mass is 35.5. The Balaban J connectivity index is 1.59. The van der Waals surface area contributed by atoms with Gasteiger partial charge in [0.1, 0.15) is 5.82 Å². The summed E-state index contributed by atoms with van der Waals surface area (Å²) in [6.07, 6.45) is 1.71. The van der Waals surface area contributed by atoms with Crippen molar-refractivity contribution in [1.82, 2.24) is 19.8 Å². The summed E-state index contributed by atoms with van der Waals surface area (Å²) in [7, 11) is 0. The van der Waals surface area contributed by atoms with Gasteiger partial charge in [-0.3, -0.25) is 9.80 Å². The van der Waals surface area contributed by atoms with Crippen LogP contribution in [0.1, 0.15) is 45.7 Å². The van der Waals surface area contributed by atoms with Crippen LogP contribution >= 0.6 is 11.6 Å². The number of hydrogen-bond acceptors (Lipinski definition) is 5. The van der Waals surface area contributed by atoms with Gasteiger partial charge in [0.25, 0.3) is 0 Å². The van der Waals surface area contributed by atoms with Crippen LogP contribution in [0.5, 0.6) is 0 Å². The average Bonchev–Trinajstić information content (AvgIpc) is 2.74. The van der Waals surface area contributed by atoms with Crippen molar-refractivity contribution in [3.8, 4) is 11.8 Å². The van der Waals surface area contributed by atoms with Crippen molar-refractivity contribution in [3.63, 3.8) is 0 Å². The fraction of sp³-hybridized carbons (Fsp3) is 0.538. The largest absolute Gasteiger partial charge is 0.352 e. The maximum absolute atomic E-state index is 6.04. The monoisotopic (exact) mass is 453 g/mol. The summed E-state index contributed by atoms with van der Waals surface area (Å²) in [5.41, 5.74) is 2.41. The van der Waals surface area contributed by atoms with E-state index in [1.54, 1.807) is 6.20 Å². The normalized spacial score (nSPS) is 15.5. The molecule has 1 aromatic carbocycles. The first-order valence-electron chi connectivity index (χ1n) is 11.5. The van der Waals surface area contributed by atoms with E-state index in [0.717, 1.165) is 57.2 Å². The second-order valence-corrected chi connectivity index (χ2v) is 10.3. The van der Waals surface area contributed by atoms with Gasteiger partial charge in [-0.2, -0.15) is 0 Å². The van der Waals surface area contributed by atoms with Crippen LogP contribution in [0.4, 0.5) is 5.82 Å². The first-order chi connectivity index (χ1) is 15.2. The van der Waals surface area contributed by atoms with Crippen molar-refractivity contribution < 1.29 is 0 Å². The van der Waals surface area contributed by atoms with Crippen molar-refractivity contribution in [2.75, 3.05) is 44.2 Å². The number of anilines is 1. The fourth-order valence-corrected chi connectivity index (χ4v) is 4.04. The minimum Gasteiger partial charge on any atom is -0.352 e. The van der Waals surface area contributed by atoms with Crippen LogP contribution in [0.3, 0.4) is 0 Å². The third-order valence-electron chi connectivity index (χ3n) is 5.60. The molecular weight excluding hydrogens is 418 g/mol. The van der Waals surface area contributed by atoms with Gasteiger partial charge in [-0.15, -0.1) is 0 Å². The maximum Gasteiger partial charge on any atom is 0.224 e. The molecule has 0 saturated carbocycles. The Morgan fingerprint density at radius 1 is 1.06 bits per heavy atom. The van der Waals surface area contributed by atoms with Crippen LogP contribution in [0, 0.1) is 17.3 Å². The highest BCUT2D eigenvalue weighted by molar-refractivity contribution is 6.28. The molecule has 0 N–H and O–H groups in total. The van der Waals surface area contributed by atoms with Crippen molar-refractivity contribution in [2.24, 2.45) is 5.41 Å². The number of aromatic nitrogens is 2. The lowest BCUT2D eigenvalue weighted by atomic mass is 9.95. The van der Waals surface area contributed by atoms with Crippen LogP contribution < -0.4 is 4.90 Å². The van der Waals surface area contributed by atoms with Gasteiger partial charge in [-0.05, 0) is 54.6 Å². The van der Waals surface area contributed by atoms with E-state index in [1.165, 1.54) is 5.56 Å². The Morgan fingerprint density at radius 3 is 2.34 bits per heavy atom. The van der Waals surface area contributed by atoms with Crippen molar-refractivity contribution in [1.29, 1.82) is 0 Å². The summed E-state index contributed by atoms with van der Waals surface area (Å²) in [6, 6.07) is 11.1. The predicted molar refractivity (Wildman–Crippen MR) is 134 cm³/mol. The van der Waals surface area contributed by atoms with Crippen molar-refractivity contribution in [2.45, 2.75) is 47.2 Å². The standard InChI is InChI=1S/C26H36ClN5/c1-21(2)31-17-15-30(16-18-31)14-6-7-22-8-10-23(11-9-22)19-32(20-26(3,4)5)24-12-13-28-25(27)29-24/h8-13,21H,14-20H2,1-5H3. The minimum absolute atomic E-state index is 0.128. The molecule has 0 unspecified atom stereocenters. The first-order valence-corrected chi connectivity index (χ1v) is 11.9. The number of nitrogens with zero attached hydrogens (tertiary/aromatic N) is 5. The lowest BCUT2D eigenvalue weighted by Crippen LogP contribution is -2.48. The fourth-order valence-electron chi connectivity index (χ4n) is 3.90. The molecule has 0 radical (unpaired) electrons. The van der Waals surface area contributed by atoms with E-state index in [2.05, 4.69) is 95.4 Å². The van der Waals surface area contributed by atoms with Crippen molar-refractivity contribution >= 4 is 17.4 Å². The van der Waals surface area contributed by atoms with E-state index >= 15 is 0 Å². The molecule has 0 bridgehead atoms. The molecule has 0 atom stereocenters. The smallest absolute Gasteiger partial charge is 0.224 e. The summed E-state index contributed by atoms with van der Waals surface area (Å²) in [4.78, 5) is 15.7. The Bertz CT molecular complexity index is 916. The van der Waals surface area contributed by atoms with Crippen LogP contribution in [-0.2, 0) is 6.54 Å². The number of benzene rings is 1. The summed E-state index contributed by atoms with van der Waals surface area (Å²) >= 11 is 6.04. The van der Waals surface area contributed by atoms with Crippen molar-refractivity contribution in [3.05, 3.63) is 52.9 Å². The molecule has 1 saturated heterocycles. The molecule has 2 aromatic rings. The second-order valence-electron chi connectivity index (χ2n) is 10.0. The molecule has 5 nitrogen and oxygen atoms in total. The van der Waals surface area contributed by atoms with Gasteiger partial charge in [0.2, 0.25) is 5.28 Å². The Labute approximate surface area is 198 Å². The molecule has 6 heteroatoms. The van der Waals surface area contributed by atoms with Crippen LogP contribution in [0.15, 0.2) is 36.5 Å². The zero-order valence-electron chi connectivity index (χ0n) is 20.1. The molecule has 0 aliphatic carbocycles. The minimum atomic E-state index is 0.128. The quantitative estimate of drug-likeness (QED) is 0.473. The molecule has 1 aromatic heterocycles. The highest BCUT2D eigenvalue weighted by Crippen LogP contribution is 2.23. The molecule has 1 aliphatic heterocycles. The van der Waals surface area contributed by atoms with E-state index in [4.69, 9.17) is 11.6 Å². The number of halogens is 1. The first kappa shape index (κ1) is 24.5. The maximum atomic E-state index is 6.04. The predicted octanol–water partition coefficient (Wildman–Crippen LogP) is 4.56. The summed E-state index contributed by atoms with van der Waals surface area (Å²) in [5, 5.41) is 0.276. The Hall–Kier alpha value is -2.13. The Morgan fingerprint density at radius 2 is 1.75 bits per heavy atom. The molecule has 1 aliphatic rings. The van der Waals surface area contributed by atoms with Gasteiger partial charge in [0, 0.05) is 57.1 Å². The van der Waals surface area contributed by atoms with E-state index in [0.29, 0.717) is 6.04 Å².